The summed E-state index contributed by atoms with van der Waals surface area (Å²) in [7, 11) is 0. The Labute approximate surface area is 332 Å². The molecule has 1 aromatic heterocycles. The molecule has 56 heavy (non-hydrogen) atoms. The van der Waals surface area contributed by atoms with Gasteiger partial charge in [-0.25, -0.2) is 0 Å². The SMILES string of the molecule is CC1C(N(c2ccccc2)c2ccccc2-c2ccccc2)=Cc2c(sc3ccc4ccccc4c23)C1N(c1ccccc1)c1ccccc1-c1ccccc1. The molecule has 2 nitrogen and oxygen atoms in total. The molecule has 0 saturated heterocycles. The van der Waals surface area contributed by atoms with E-state index in [0.29, 0.717) is 0 Å². The van der Waals surface area contributed by atoms with E-state index in [0.717, 1.165) is 17.1 Å². The second kappa shape index (κ2) is 14.5. The monoisotopic (exact) mass is 736 g/mol. The molecule has 0 aliphatic heterocycles. The van der Waals surface area contributed by atoms with Crippen LogP contribution in [-0.4, -0.2) is 0 Å². The van der Waals surface area contributed by atoms with E-state index in [1.165, 1.54) is 64.9 Å². The minimum absolute atomic E-state index is 0.0384. The molecule has 1 aliphatic rings. The average molecular weight is 737 g/mol. The Bertz CT molecular complexity index is 2830. The van der Waals surface area contributed by atoms with Crippen molar-refractivity contribution in [3.8, 4) is 22.3 Å². The minimum atomic E-state index is -0.0384. The normalized spacial score (nSPS) is 15.0. The standard InChI is InChI=1S/C53H40N2S/c1-37-49(54(41-25-10-4-11-26-41)47-32-18-16-29-43(47)38-20-6-2-7-21-38)36-46-51-45-31-15-14-24-40(45)34-35-50(51)56-53(46)52(37)55(42-27-12-5-13-28-42)48-33-19-17-30-44(48)39-22-8-3-9-23-39/h2-37,52H,1H3. The molecule has 8 aromatic carbocycles. The van der Waals surface area contributed by atoms with Crippen LogP contribution in [0.3, 0.4) is 0 Å². The van der Waals surface area contributed by atoms with Crippen molar-refractivity contribution < 1.29 is 0 Å². The second-order valence-corrected chi connectivity index (χ2v) is 15.6. The maximum atomic E-state index is 2.63. The molecule has 0 bridgehead atoms. The minimum Gasteiger partial charge on any atom is -0.332 e. The smallest absolute Gasteiger partial charge is 0.0771 e. The van der Waals surface area contributed by atoms with Gasteiger partial charge in [-0.2, -0.15) is 0 Å². The number of thiophene rings is 1. The van der Waals surface area contributed by atoms with Gasteiger partial charge in [0.1, 0.15) is 0 Å². The first-order chi connectivity index (χ1) is 27.7. The molecule has 9 aromatic rings. The highest BCUT2D eigenvalue weighted by Crippen LogP contribution is 2.55. The summed E-state index contributed by atoms with van der Waals surface area (Å²) in [5.41, 5.74) is 12.0. The van der Waals surface area contributed by atoms with Crippen molar-refractivity contribution in [3.63, 3.8) is 0 Å². The summed E-state index contributed by atoms with van der Waals surface area (Å²) in [6.07, 6.45) is 2.52. The number of nitrogens with zero attached hydrogens (tertiary/aromatic N) is 2. The number of anilines is 4. The van der Waals surface area contributed by atoms with Crippen molar-refractivity contribution in [2.24, 2.45) is 5.92 Å². The highest BCUT2D eigenvalue weighted by molar-refractivity contribution is 7.19. The predicted molar refractivity (Wildman–Crippen MR) is 240 cm³/mol. The van der Waals surface area contributed by atoms with Crippen LogP contribution in [0.15, 0.2) is 212 Å². The number of para-hydroxylation sites is 4. The van der Waals surface area contributed by atoms with Crippen LogP contribution in [0.5, 0.6) is 0 Å². The van der Waals surface area contributed by atoms with Crippen LogP contribution < -0.4 is 9.80 Å². The van der Waals surface area contributed by atoms with Gasteiger partial charge in [0.15, 0.2) is 0 Å². The van der Waals surface area contributed by atoms with Crippen molar-refractivity contribution in [3.05, 3.63) is 222 Å². The number of hydrogen-bond donors (Lipinski definition) is 0. The van der Waals surface area contributed by atoms with Crippen molar-refractivity contribution in [1.29, 1.82) is 0 Å². The summed E-state index contributed by atoms with van der Waals surface area (Å²) in [5, 5.41) is 3.87. The predicted octanol–water partition coefficient (Wildman–Crippen LogP) is 15.1. The van der Waals surface area contributed by atoms with Crippen LogP contribution in [0.1, 0.15) is 23.4 Å². The number of hydrogen-bond acceptors (Lipinski definition) is 3. The molecular weight excluding hydrogens is 697 g/mol. The lowest BCUT2D eigenvalue weighted by Gasteiger charge is -2.44. The van der Waals surface area contributed by atoms with E-state index in [-0.39, 0.29) is 12.0 Å². The first kappa shape index (κ1) is 33.9. The number of fused-ring (bicyclic) bond motifs is 5. The molecular formula is C53H40N2S. The summed E-state index contributed by atoms with van der Waals surface area (Å²) >= 11 is 1.95. The molecule has 10 rings (SSSR count). The fraction of sp³-hybridized carbons (Fsp3) is 0.0566. The molecule has 268 valence electrons. The van der Waals surface area contributed by atoms with Crippen molar-refractivity contribution in [2.75, 3.05) is 9.80 Å². The molecule has 2 unspecified atom stereocenters. The zero-order valence-electron chi connectivity index (χ0n) is 31.2. The largest absolute Gasteiger partial charge is 0.332 e. The summed E-state index contributed by atoms with van der Waals surface area (Å²) in [4.78, 5) is 6.54. The molecule has 0 N–H and O–H groups in total. The maximum Gasteiger partial charge on any atom is 0.0771 e. The molecule has 1 heterocycles. The van der Waals surface area contributed by atoms with Gasteiger partial charge in [0.25, 0.3) is 0 Å². The first-order valence-corrected chi connectivity index (χ1v) is 20.2. The highest BCUT2D eigenvalue weighted by atomic mass is 32.1. The van der Waals surface area contributed by atoms with Gasteiger partial charge in [-0.05, 0) is 70.4 Å². The van der Waals surface area contributed by atoms with Gasteiger partial charge in [0.05, 0.1) is 11.7 Å². The molecule has 0 amide bonds. The van der Waals surface area contributed by atoms with Crippen LogP contribution in [0.25, 0.3) is 49.2 Å². The summed E-state index contributed by atoms with van der Waals surface area (Å²) in [5.74, 6) is 0.0508. The third-order valence-electron chi connectivity index (χ3n) is 11.2. The van der Waals surface area contributed by atoms with Gasteiger partial charge in [-0.15, -0.1) is 11.3 Å². The molecule has 3 heteroatoms. The van der Waals surface area contributed by atoms with Gasteiger partial charge in [-0.1, -0.05) is 171 Å². The molecule has 1 aliphatic carbocycles. The van der Waals surface area contributed by atoms with E-state index < -0.39 is 0 Å². The van der Waals surface area contributed by atoms with Gasteiger partial charge in [0, 0.05) is 60.3 Å². The number of benzene rings is 8. The van der Waals surface area contributed by atoms with Crippen LogP contribution >= 0.6 is 11.3 Å². The van der Waals surface area contributed by atoms with Crippen LogP contribution in [-0.2, 0) is 0 Å². The summed E-state index contributed by atoms with van der Waals surface area (Å²) in [6.45, 7) is 2.43. The van der Waals surface area contributed by atoms with E-state index in [1.54, 1.807) is 0 Å². The zero-order valence-corrected chi connectivity index (χ0v) is 32.0. The topological polar surface area (TPSA) is 6.48 Å². The Balaban J connectivity index is 1.29. The van der Waals surface area contributed by atoms with Gasteiger partial charge in [0.2, 0.25) is 0 Å². The highest BCUT2D eigenvalue weighted by Gasteiger charge is 2.40. The van der Waals surface area contributed by atoms with Gasteiger partial charge < -0.3 is 9.80 Å². The first-order valence-electron chi connectivity index (χ1n) is 19.4. The van der Waals surface area contributed by atoms with Crippen LogP contribution in [0.2, 0.25) is 0 Å². The van der Waals surface area contributed by atoms with E-state index in [4.69, 9.17) is 0 Å². The van der Waals surface area contributed by atoms with Crippen molar-refractivity contribution >= 4 is 61.0 Å². The third kappa shape index (κ3) is 5.89. The maximum absolute atomic E-state index is 2.63. The molecule has 2 atom stereocenters. The lowest BCUT2D eigenvalue weighted by molar-refractivity contribution is 0.524. The molecule has 0 fully saturated rings. The van der Waals surface area contributed by atoms with E-state index >= 15 is 0 Å². The molecule has 0 radical (unpaired) electrons. The quantitative estimate of drug-likeness (QED) is 0.153. The van der Waals surface area contributed by atoms with Crippen molar-refractivity contribution in [1.82, 2.24) is 0 Å². The van der Waals surface area contributed by atoms with E-state index in [2.05, 4.69) is 229 Å². The lowest BCUT2D eigenvalue weighted by Crippen LogP contribution is -2.36. The summed E-state index contributed by atoms with van der Waals surface area (Å²) < 4.78 is 1.31. The Kier molecular flexibility index (Phi) is 8.78. The van der Waals surface area contributed by atoms with Gasteiger partial charge >= 0.3 is 0 Å². The number of rotatable bonds is 8. The lowest BCUT2D eigenvalue weighted by atomic mass is 9.83. The third-order valence-corrected chi connectivity index (χ3v) is 12.5. The summed E-state index contributed by atoms with van der Waals surface area (Å²) in [6, 6.07) is 74.8. The fourth-order valence-electron chi connectivity index (χ4n) is 8.67. The van der Waals surface area contributed by atoms with Crippen LogP contribution in [0, 0.1) is 5.92 Å². The Morgan fingerprint density at radius 2 is 0.982 bits per heavy atom. The second-order valence-electron chi connectivity index (χ2n) is 14.5. The van der Waals surface area contributed by atoms with E-state index in [1.807, 2.05) is 11.3 Å². The van der Waals surface area contributed by atoms with E-state index in [9.17, 15) is 0 Å². The molecule has 0 spiro atoms. The average Bonchev–Trinajstić information content (AvgIpc) is 3.65. The Hall–Kier alpha value is -6.68. The zero-order chi connectivity index (χ0) is 37.4. The molecule has 0 saturated carbocycles. The fourth-order valence-corrected chi connectivity index (χ4v) is 10.1. The van der Waals surface area contributed by atoms with Crippen molar-refractivity contribution in [2.45, 2.75) is 13.0 Å². The Morgan fingerprint density at radius 1 is 0.464 bits per heavy atom. The Morgan fingerprint density at radius 3 is 1.64 bits per heavy atom. The van der Waals surface area contributed by atoms with Crippen LogP contribution in [0.4, 0.5) is 22.7 Å². The van der Waals surface area contributed by atoms with Gasteiger partial charge in [-0.3, -0.25) is 0 Å².